The number of fused-ring (bicyclic) bond motifs is 1. The Kier molecular flexibility index (Phi) is 4.77. The van der Waals surface area contributed by atoms with Gasteiger partial charge in [-0.2, -0.15) is 0 Å². The zero-order valence-electron chi connectivity index (χ0n) is 17.1. The molecular formula is C21H26N6O3. The van der Waals surface area contributed by atoms with Crippen molar-refractivity contribution in [1.82, 2.24) is 30.2 Å². The summed E-state index contributed by atoms with van der Waals surface area (Å²) in [5, 5.41) is 11.5. The van der Waals surface area contributed by atoms with Gasteiger partial charge in [-0.05, 0) is 44.7 Å². The molecule has 3 aliphatic rings. The molecule has 4 heterocycles. The van der Waals surface area contributed by atoms with Gasteiger partial charge in [0.1, 0.15) is 11.3 Å². The highest BCUT2D eigenvalue weighted by atomic mass is 16.5. The third-order valence-electron chi connectivity index (χ3n) is 6.23. The SMILES string of the molecule is Cc1ccc(C(=O)N2CCCC3(C2)Cn2nnc(CNC(=O)C4CC4)c2CO3)cn1. The summed E-state index contributed by atoms with van der Waals surface area (Å²) >= 11 is 0. The van der Waals surface area contributed by atoms with Gasteiger partial charge in [-0.3, -0.25) is 14.6 Å². The number of aryl methyl sites for hydroxylation is 1. The van der Waals surface area contributed by atoms with Crippen molar-refractivity contribution in [3.8, 4) is 0 Å². The van der Waals surface area contributed by atoms with E-state index in [2.05, 4.69) is 20.6 Å². The third kappa shape index (κ3) is 3.69. The number of nitrogens with one attached hydrogen (secondary N) is 1. The minimum atomic E-state index is -0.457. The van der Waals surface area contributed by atoms with Gasteiger partial charge >= 0.3 is 0 Å². The molecule has 9 nitrogen and oxygen atoms in total. The summed E-state index contributed by atoms with van der Waals surface area (Å²) in [4.78, 5) is 31.0. The smallest absolute Gasteiger partial charge is 0.255 e. The van der Waals surface area contributed by atoms with Crippen LogP contribution in [-0.2, 0) is 29.2 Å². The van der Waals surface area contributed by atoms with Crippen LogP contribution in [0.25, 0.3) is 0 Å². The number of aromatic nitrogens is 4. The van der Waals surface area contributed by atoms with Gasteiger partial charge in [0, 0.05) is 24.4 Å². The standard InChI is InChI=1S/C21H26N6O3/c1-14-3-4-16(9-22-14)20(29)26-8-2-7-21(12-26)13-27-18(11-30-21)17(24-25-27)10-23-19(28)15-5-6-15/h3-4,9,15H,2,5-8,10-13H2,1H3,(H,23,28). The normalized spacial score (nSPS) is 23.3. The summed E-state index contributed by atoms with van der Waals surface area (Å²) in [5.41, 5.74) is 2.70. The molecule has 1 atom stereocenters. The lowest BCUT2D eigenvalue weighted by Gasteiger charge is -2.44. The molecule has 1 N–H and O–H groups in total. The van der Waals surface area contributed by atoms with Gasteiger partial charge in [0.15, 0.2) is 0 Å². The summed E-state index contributed by atoms with van der Waals surface area (Å²) in [6.45, 7) is 4.46. The van der Waals surface area contributed by atoms with Gasteiger partial charge in [0.25, 0.3) is 5.91 Å². The fourth-order valence-corrected chi connectivity index (χ4v) is 4.29. The molecule has 9 heteroatoms. The molecule has 1 spiro atoms. The van der Waals surface area contributed by atoms with Crippen molar-refractivity contribution in [2.75, 3.05) is 13.1 Å². The summed E-state index contributed by atoms with van der Waals surface area (Å²) in [5.74, 6) is 0.250. The van der Waals surface area contributed by atoms with Crippen LogP contribution in [0.4, 0.5) is 0 Å². The highest BCUT2D eigenvalue weighted by Gasteiger charge is 2.42. The van der Waals surface area contributed by atoms with Gasteiger partial charge in [-0.25, -0.2) is 4.68 Å². The molecule has 0 bridgehead atoms. The van der Waals surface area contributed by atoms with Gasteiger partial charge < -0.3 is 15.0 Å². The topological polar surface area (TPSA) is 102 Å². The zero-order chi connectivity index (χ0) is 20.7. The number of piperidine rings is 1. The van der Waals surface area contributed by atoms with Crippen molar-refractivity contribution in [3.05, 3.63) is 41.0 Å². The van der Waals surface area contributed by atoms with E-state index in [9.17, 15) is 9.59 Å². The molecule has 2 aromatic rings. The summed E-state index contributed by atoms with van der Waals surface area (Å²) < 4.78 is 8.19. The third-order valence-corrected chi connectivity index (χ3v) is 6.23. The Morgan fingerprint density at radius 1 is 1.30 bits per heavy atom. The van der Waals surface area contributed by atoms with Crippen molar-refractivity contribution < 1.29 is 14.3 Å². The monoisotopic (exact) mass is 410 g/mol. The highest BCUT2D eigenvalue weighted by molar-refractivity contribution is 5.94. The molecule has 2 aliphatic heterocycles. The summed E-state index contributed by atoms with van der Waals surface area (Å²) in [7, 11) is 0. The number of pyridine rings is 1. The first-order valence-electron chi connectivity index (χ1n) is 10.6. The second-order valence-electron chi connectivity index (χ2n) is 8.62. The van der Waals surface area contributed by atoms with Gasteiger partial charge in [-0.15, -0.1) is 5.10 Å². The first kappa shape index (κ1) is 19.2. The van der Waals surface area contributed by atoms with Gasteiger partial charge in [0.2, 0.25) is 5.91 Å². The van der Waals surface area contributed by atoms with E-state index >= 15 is 0 Å². The van der Waals surface area contributed by atoms with E-state index < -0.39 is 5.60 Å². The van der Waals surface area contributed by atoms with E-state index in [0.717, 1.165) is 42.8 Å². The number of ether oxygens (including phenoxy) is 1. The molecule has 1 saturated carbocycles. The summed E-state index contributed by atoms with van der Waals surface area (Å²) in [6.07, 6.45) is 5.34. The van der Waals surface area contributed by atoms with Crippen LogP contribution in [0.2, 0.25) is 0 Å². The molecule has 158 valence electrons. The number of amides is 2. The molecular weight excluding hydrogens is 384 g/mol. The maximum atomic E-state index is 13.0. The van der Waals surface area contributed by atoms with Crippen molar-refractivity contribution in [2.45, 2.75) is 57.9 Å². The Hall–Kier alpha value is -2.81. The lowest BCUT2D eigenvalue weighted by molar-refractivity contribution is -0.123. The Bertz CT molecular complexity index is 968. The van der Waals surface area contributed by atoms with Gasteiger partial charge in [0.05, 0.1) is 37.5 Å². The second kappa shape index (κ2) is 7.46. The van der Waals surface area contributed by atoms with Crippen LogP contribution in [0.3, 0.4) is 0 Å². The molecule has 1 unspecified atom stereocenters. The number of carbonyl (C=O) groups is 2. The Morgan fingerprint density at radius 3 is 2.93 bits per heavy atom. The summed E-state index contributed by atoms with van der Waals surface area (Å²) in [6, 6.07) is 3.68. The number of carbonyl (C=O) groups excluding carboxylic acids is 2. The van der Waals surface area contributed by atoms with Crippen LogP contribution >= 0.6 is 0 Å². The maximum absolute atomic E-state index is 13.0. The second-order valence-corrected chi connectivity index (χ2v) is 8.62. The minimum Gasteiger partial charge on any atom is -0.365 e. The van der Waals surface area contributed by atoms with E-state index in [4.69, 9.17) is 4.74 Å². The van der Waals surface area contributed by atoms with Crippen molar-refractivity contribution >= 4 is 11.8 Å². The molecule has 2 aromatic heterocycles. The number of likely N-dealkylation sites (tertiary alicyclic amines) is 1. The van der Waals surface area contributed by atoms with Gasteiger partial charge in [-0.1, -0.05) is 5.21 Å². The molecule has 1 aliphatic carbocycles. The molecule has 0 radical (unpaired) electrons. The predicted octanol–water partition coefficient (Wildman–Crippen LogP) is 1.21. The van der Waals surface area contributed by atoms with Crippen LogP contribution in [0.5, 0.6) is 0 Å². The Labute approximate surface area is 174 Å². The van der Waals surface area contributed by atoms with Crippen molar-refractivity contribution in [2.24, 2.45) is 5.92 Å². The Morgan fingerprint density at radius 2 is 2.17 bits per heavy atom. The molecule has 1 saturated heterocycles. The Balaban J connectivity index is 1.26. The van der Waals surface area contributed by atoms with E-state index in [0.29, 0.717) is 38.3 Å². The average Bonchev–Trinajstić information content (AvgIpc) is 3.53. The number of rotatable bonds is 4. The fourth-order valence-electron chi connectivity index (χ4n) is 4.29. The molecule has 30 heavy (non-hydrogen) atoms. The fraction of sp³-hybridized carbons (Fsp3) is 0.571. The molecule has 5 rings (SSSR count). The molecule has 2 fully saturated rings. The molecule has 0 aromatic carbocycles. The van der Waals surface area contributed by atoms with Crippen LogP contribution < -0.4 is 5.32 Å². The van der Waals surface area contributed by atoms with E-state index in [1.54, 1.807) is 6.20 Å². The molecule has 2 amide bonds. The first-order chi connectivity index (χ1) is 14.5. The van der Waals surface area contributed by atoms with E-state index in [1.807, 2.05) is 28.6 Å². The number of hydrogen-bond donors (Lipinski definition) is 1. The average molecular weight is 410 g/mol. The first-order valence-corrected chi connectivity index (χ1v) is 10.6. The lowest BCUT2D eigenvalue weighted by Crippen LogP contribution is -2.55. The van der Waals surface area contributed by atoms with E-state index in [-0.39, 0.29) is 17.7 Å². The largest absolute Gasteiger partial charge is 0.365 e. The zero-order valence-corrected chi connectivity index (χ0v) is 17.1. The van der Waals surface area contributed by atoms with Crippen LogP contribution in [0, 0.1) is 12.8 Å². The van der Waals surface area contributed by atoms with E-state index in [1.165, 1.54) is 0 Å². The number of hydrogen-bond acceptors (Lipinski definition) is 6. The van der Waals surface area contributed by atoms with Crippen molar-refractivity contribution in [1.29, 1.82) is 0 Å². The van der Waals surface area contributed by atoms with Crippen LogP contribution in [-0.4, -0.2) is 55.4 Å². The maximum Gasteiger partial charge on any atom is 0.255 e. The van der Waals surface area contributed by atoms with Crippen LogP contribution in [0.15, 0.2) is 18.3 Å². The van der Waals surface area contributed by atoms with Crippen molar-refractivity contribution in [3.63, 3.8) is 0 Å². The quantitative estimate of drug-likeness (QED) is 0.813. The van der Waals surface area contributed by atoms with Crippen LogP contribution in [0.1, 0.15) is 53.1 Å². The minimum absolute atomic E-state index is 0.0157. The highest BCUT2D eigenvalue weighted by Crippen LogP contribution is 2.33. The number of nitrogens with zero attached hydrogens (tertiary/aromatic N) is 5. The lowest BCUT2D eigenvalue weighted by atomic mass is 9.91. The predicted molar refractivity (Wildman–Crippen MR) is 106 cm³/mol.